The van der Waals surface area contributed by atoms with E-state index in [1.165, 1.54) is 7.11 Å². The van der Waals surface area contributed by atoms with Gasteiger partial charge in [-0.2, -0.15) is 0 Å². The van der Waals surface area contributed by atoms with Gasteiger partial charge < -0.3 is 19.5 Å². The molecule has 0 atom stereocenters. The maximum atomic E-state index is 14.0. The fourth-order valence-corrected chi connectivity index (χ4v) is 2.59. The van der Waals surface area contributed by atoms with E-state index in [1.807, 2.05) is 0 Å². The molecule has 1 N–H and O–H groups in total. The third kappa shape index (κ3) is 4.88. The van der Waals surface area contributed by atoms with Crippen LogP contribution in [0.3, 0.4) is 0 Å². The molecule has 8 nitrogen and oxygen atoms in total. The van der Waals surface area contributed by atoms with Gasteiger partial charge in [-0.3, -0.25) is 9.59 Å². The molecule has 0 radical (unpaired) electrons. The lowest BCUT2D eigenvalue weighted by molar-refractivity contribution is -0.150. The molecule has 1 heterocycles. The summed E-state index contributed by atoms with van der Waals surface area (Å²) in [5.74, 6) is -3.32. The largest absolute Gasteiger partial charge is 0.474 e. The second-order valence-electron chi connectivity index (χ2n) is 5.56. The minimum atomic E-state index is -1.14. The molecule has 1 aromatic rings. The number of methoxy groups -OCH3 is 2. The Bertz CT molecular complexity index is 658. The molecule has 0 aliphatic heterocycles. The van der Waals surface area contributed by atoms with Crippen molar-refractivity contribution in [1.29, 1.82) is 0 Å². The Balaban J connectivity index is 1.92. The number of nitrogens with zero attached hydrogens (tertiary/aromatic N) is 1. The average Bonchev–Trinajstić information content (AvgIpc) is 2.63. The molecule has 1 aromatic heterocycles. The third-order valence-corrected chi connectivity index (χ3v) is 3.94. The van der Waals surface area contributed by atoms with Gasteiger partial charge in [0.1, 0.15) is 6.10 Å². The summed E-state index contributed by atoms with van der Waals surface area (Å²) in [5.41, 5.74) is -0.253. The summed E-state index contributed by atoms with van der Waals surface area (Å²) >= 11 is 0. The summed E-state index contributed by atoms with van der Waals surface area (Å²) < 4.78 is 28.6. The van der Waals surface area contributed by atoms with E-state index in [-0.39, 0.29) is 29.6 Å². The van der Waals surface area contributed by atoms with Gasteiger partial charge in [0, 0.05) is 6.07 Å². The Morgan fingerprint density at radius 3 is 2.40 bits per heavy atom. The van der Waals surface area contributed by atoms with Gasteiger partial charge in [0.25, 0.3) is 0 Å². The molecule has 1 amide bonds. The fraction of sp³-hybridized carbons (Fsp3) is 0.500. The third-order valence-electron chi connectivity index (χ3n) is 3.94. The lowest BCUT2D eigenvalue weighted by Crippen LogP contribution is -2.29. The molecule has 1 aliphatic carbocycles. The van der Waals surface area contributed by atoms with Gasteiger partial charge in [-0.15, -0.1) is 0 Å². The molecule has 1 saturated carbocycles. The van der Waals surface area contributed by atoms with Gasteiger partial charge in [0.2, 0.25) is 5.88 Å². The zero-order valence-corrected chi connectivity index (χ0v) is 13.9. The number of carbonyl (C=O) groups is 3. The van der Waals surface area contributed by atoms with E-state index in [1.54, 1.807) is 0 Å². The lowest BCUT2D eigenvalue weighted by atomic mass is 9.87. The van der Waals surface area contributed by atoms with Crippen LogP contribution in [-0.4, -0.2) is 43.2 Å². The van der Waals surface area contributed by atoms with Gasteiger partial charge in [-0.05, 0) is 25.7 Å². The van der Waals surface area contributed by atoms with Crippen LogP contribution in [0.5, 0.6) is 5.88 Å². The first-order valence-electron chi connectivity index (χ1n) is 7.74. The number of ether oxygens (including phenoxy) is 3. The van der Waals surface area contributed by atoms with Crippen LogP contribution < -0.4 is 10.1 Å². The Morgan fingerprint density at radius 2 is 1.84 bits per heavy atom. The number of esters is 2. The number of hydrogen-bond acceptors (Lipinski definition) is 7. The van der Waals surface area contributed by atoms with Crippen LogP contribution in [0.4, 0.5) is 10.1 Å². The van der Waals surface area contributed by atoms with Crippen molar-refractivity contribution >= 4 is 23.5 Å². The monoisotopic (exact) mass is 354 g/mol. The minimum Gasteiger partial charge on any atom is -0.474 e. The van der Waals surface area contributed by atoms with Gasteiger partial charge in [0.05, 0.1) is 32.0 Å². The summed E-state index contributed by atoms with van der Waals surface area (Å²) in [5, 5.41) is 2.06. The number of hydrogen-bond donors (Lipinski definition) is 1. The number of halogens is 1. The van der Waals surface area contributed by atoms with Crippen molar-refractivity contribution in [2.24, 2.45) is 5.92 Å². The van der Waals surface area contributed by atoms with E-state index in [9.17, 15) is 18.8 Å². The molecule has 0 saturated heterocycles. The van der Waals surface area contributed by atoms with Crippen molar-refractivity contribution in [3.63, 3.8) is 0 Å². The highest BCUT2D eigenvalue weighted by atomic mass is 19.1. The molecule has 136 valence electrons. The van der Waals surface area contributed by atoms with Crippen LogP contribution in [0.25, 0.3) is 0 Å². The number of pyridine rings is 1. The number of carbonyl (C=O) groups excluding carboxylic acids is 3. The number of nitrogens with one attached hydrogen (secondary N) is 1. The summed E-state index contributed by atoms with van der Waals surface area (Å²) in [4.78, 5) is 37.8. The van der Waals surface area contributed by atoms with Crippen LogP contribution in [0.2, 0.25) is 0 Å². The van der Waals surface area contributed by atoms with Crippen molar-refractivity contribution in [3.05, 3.63) is 18.1 Å². The zero-order valence-electron chi connectivity index (χ0n) is 13.9. The molecule has 1 aliphatic rings. The Morgan fingerprint density at radius 1 is 1.16 bits per heavy atom. The predicted molar refractivity (Wildman–Crippen MR) is 83.2 cm³/mol. The number of amides is 1. The smallest absolute Gasteiger partial charge is 0.396 e. The molecule has 2 rings (SSSR count). The van der Waals surface area contributed by atoms with Crippen LogP contribution >= 0.6 is 0 Å². The maximum absolute atomic E-state index is 14.0. The van der Waals surface area contributed by atoms with Crippen LogP contribution in [0, 0.1) is 11.7 Å². The first-order chi connectivity index (χ1) is 11.9. The first kappa shape index (κ1) is 18.6. The van der Waals surface area contributed by atoms with Crippen molar-refractivity contribution in [3.8, 4) is 5.88 Å². The highest BCUT2D eigenvalue weighted by Gasteiger charge is 2.28. The molecular weight excluding hydrogens is 335 g/mol. The van der Waals surface area contributed by atoms with Crippen molar-refractivity contribution in [2.75, 3.05) is 19.5 Å². The fourth-order valence-electron chi connectivity index (χ4n) is 2.59. The molecule has 0 aromatic carbocycles. The molecule has 25 heavy (non-hydrogen) atoms. The average molecular weight is 354 g/mol. The summed E-state index contributed by atoms with van der Waals surface area (Å²) in [6.07, 6.45) is 3.41. The SMILES string of the molecule is COC(=O)C(=O)Nc1cnc(O[C@H]2CC[C@@H](C(=O)OC)CC2)cc1F. The van der Waals surface area contributed by atoms with Gasteiger partial charge in [-0.25, -0.2) is 14.2 Å². The van der Waals surface area contributed by atoms with Crippen molar-refractivity contribution in [1.82, 2.24) is 4.98 Å². The topological polar surface area (TPSA) is 104 Å². The Labute approximate surface area is 143 Å². The second-order valence-corrected chi connectivity index (χ2v) is 5.56. The molecule has 1 fully saturated rings. The highest BCUT2D eigenvalue weighted by molar-refractivity contribution is 6.37. The van der Waals surface area contributed by atoms with E-state index in [0.29, 0.717) is 25.7 Å². The van der Waals surface area contributed by atoms with E-state index in [4.69, 9.17) is 9.47 Å². The van der Waals surface area contributed by atoms with E-state index in [2.05, 4.69) is 15.0 Å². The zero-order chi connectivity index (χ0) is 18.4. The van der Waals surface area contributed by atoms with E-state index < -0.39 is 17.7 Å². The standard InChI is InChI=1S/C16H19FN2O6/c1-23-15(21)9-3-5-10(6-4-9)25-13-7-11(17)12(8-18-13)19-14(20)16(22)24-2/h7-10H,3-6H2,1-2H3,(H,19,20)/t9-,10+. The predicted octanol–water partition coefficient (Wildman–Crippen LogP) is 1.44. The summed E-state index contributed by atoms with van der Waals surface area (Å²) in [6, 6.07) is 1.03. The molecule has 9 heteroatoms. The number of aromatic nitrogens is 1. The van der Waals surface area contributed by atoms with Gasteiger partial charge in [-0.1, -0.05) is 0 Å². The van der Waals surface area contributed by atoms with Crippen LogP contribution in [0.1, 0.15) is 25.7 Å². The quantitative estimate of drug-likeness (QED) is 0.644. The van der Waals surface area contributed by atoms with Crippen LogP contribution in [0.15, 0.2) is 12.3 Å². The van der Waals surface area contributed by atoms with Crippen molar-refractivity contribution in [2.45, 2.75) is 31.8 Å². The molecule has 0 bridgehead atoms. The van der Waals surface area contributed by atoms with E-state index >= 15 is 0 Å². The summed E-state index contributed by atoms with van der Waals surface area (Å²) in [6.45, 7) is 0. The second kappa shape index (κ2) is 8.41. The molecular formula is C16H19FN2O6. The lowest BCUT2D eigenvalue weighted by Gasteiger charge is -2.27. The van der Waals surface area contributed by atoms with Gasteiger partial charge in [0.15, 0.2) is 5.82 Å². The minimum absolute atomic E-state index is 0.0649. The summed E-state index contributed by atoms with van der Waals surface area (Å²) in [7, 11) is 2.40. The molecule has 0 spiro atoms. The Kier molecular flexibility index (Phi) is 6.26. The molecule has 0 unspecified atom stereocenters. The highest BCUT2D eigenvalue weighted by Crippen LogP contribution is 2.28. The normalized spacial score (nSPS) is 19.6. The number of rotatable bonds is 4. The van der Waals surface area contributed by atoms with Crippen LogP contribution in [-0.2, 0) is 23.9 Å². The number of anilines is 1. The van der Waals surface area contributed by atoms with Gasteiger partial charge >= 0.3 is 17.8 Å². The van der Waals surface area contributed by atoms with Crippen molar-refractivity contribution < 1.29 is 33.0 Å². The van der Waals surface area contributed by atoms with E-state index in [0.717, 1.165) is 19.4 Å². The first-order valence-corrected chi connectivity index (χ1v) is 7.74. The maximum Gasteiger partial charge on any atom is 0.396 e. The Hall–Kier alpha value is -2.71.